The Morgan fingerprint density at radius 1 is 0.265 bits per heavy atom. The molecule has 0 spiro atoms. The maximum atomic E-state index is 11.0. The minimum atomic E-state index is -0.950. The molecule has 10 N–H and O–H groups in total. The number of aromatic nitrogens is 4. The van der Waals surface area contributed by atoms with Gasteiger partial charge < -0.3 is 61.8 Å². The van der Waals surface area contributed by atoms with Gasteiger partial charge in [0, 0.05) is 126 Å². The van der Waals surface area contributed by atoms with Gasteiger partial charge in [-0.3, -0.25) is 39.1 Å². The fraction of sp³-hybridized carbons (Fsp3) is 0.741. The molecule has 24 nitrogen and oxygen atoms in total. The van der Waals surface area contributed by atoms with Gasteiger partial charge in [-0.15, -0.1) is 0 Å². The number of carbonyl (C=O) groups is 8. The molecule has 5 aliphatic carbocycles. The largest absolute Gasteiger partial charge is 0.480 e. The third kappa shape index (κ3) is 63.4. The molecule has 4 amide bonds. The summed E-state index contributed by atoms with van der Waals surface area (Å²) in [5, 5.41) is 52.6. The van der Waals surface area contributed by atoms with Crippen molar-refractivity contribution in [2.75, 3.05) is 52.6 Å². The van der Waals surface area contributed by atoms with Crippen molar-refractivity contribution in [3.63, 3.8) is 0 Å². The quantitative estimate of drug-likeness (QED) is 0.0185. The third-order valence-electron chi connectivity index (χ3n) is 24.0. The van der Waals surface area contributed by atoms with Crippen LogP contribution in [0, 0.1) is 0 Å². The highest BCUT2D eigenvalue weighted by atomic mass is 16.5. The Bertz CT molecular complexity index is 3110. The number of hydrogen-bond donors (Lipinski definition) is 10. The SMILES string of the molecule is C1CCCCC1.C1CCOCC1.C1CCOCC1.C1CNCCN1.CC.CC.CC.CC.CC(=O)NC(CCCCCCCc1ccc2c(n1)CCCC2)C(=O)O.CC(=O)NC(CCCCCCCc1ccc2c(n1)CCCC2)C(=O)O.CC(=O)NC(CCCCCCCc1ccc2c(n1)CCCC2)C(=O)O.CC(=O)NC(CCCCCCCc1ccc2c(n1)CCCC2)C(=O)O. The van der Waals surface area contributed by atoms with E-state index in [1.165, 1.54) is 250 Å². The molecule has 12 rings (SSSR count). The van der Waals surface area contributed by atoms with Crippen molar-refractivity contribution in [1.29, 1.82) is 0 Å². The van der Waals surface area contributed by atoms with Crippen LogP contribution < -0.4 is 31.9 Å². The lowest BCUT2D eigenvalue weighted by Gasteiger charge is -2.15. The number of amides is 4. The molecule has 0 bridgehead atoms. The maximum Gasteiger partial charge on any atom is 0.326 e. The highest BCUT2D eigenvalue weighted by Crippen LogP contribution is 2.26. The molecule has 1 saturated carbocycles. The third-order valence-corrected chi connectivity index (χ3v) is 24.0. The van der Waals surface area contributed by atoms with E-state index >= 15 is 0 Å². The molecule has 24 heteroatoms. The molecule has 4 fully saturated rings. The molecule has 0 radical (unpaired) electrons. The van der Waals surface area contributed by atoms with Crippen LogP contribution in [0.15, 0.2) is 48.5 Å². The van der Waals surface area contributed by atoms with Gasteiger partial charge in [0.25, 0.3) is 0 Å². The number of carboxylic acids is 4. The predicted octanol–water partition coefficient (Wildman–Crippen LogP) is 21.7. The fourth-order valence-electron chi connectivity index (χ4n) is 16.9. The van der Waals surface area contributed by atoms with E-state index in [1.54, 1.807) is 0 Å². The zero-order chi connectivity index (χ0) is 97.3. The minimum Gasteiger partial charge on any atom is -0.480 e. The highest BCUT2D eigenvalue weighted by Gasteiger charge is 2.23. The zero-order valence-corrected chi connectivity index (χ0v) is 84.8. The average molecular weight is 1850 g/mol. The number of fused-ring (bicyclic) bond motifs is 4. The van der Waals surface area contributed by atoms with E-state index in [-0.39, 0.29) is 23.6 Å². The predicted molar refractivity (Wildman–Crippen MR) is 538 cm³/mol. The van der Waals surface area contributed by atoms with Crippen molar-refractivity contribution in [3.05, 3.63) is 116 Å². The maximum absolute atomic E-state index is 11.0. The van der Waals surface area contributed by atoms with Gasteiger partial charge in [-0.2, -0.15) is 0 Å². The number of carbonyl (C=O) groups excluding carboxylic acids is 4. The smallest absolute Gasteiger partial charge is 0.326 e. The number of hydrogen-bond acceptors (Lipinski definition) is 16. The van der Waals surface area contributed by atoms with Crippen LogP contribution in [-0.2, 0) is 125 Å². The van der Waals surface area contributed by atoms with Crippen molar-refractivity contribution >= 4 is 47.5 Å². The Morgan fingerprint density at radius 3 is 0.614 bits per heavy atom. The number of unbranched alkanes of at least 4 members (excludes halogenated alkanes) is 16. The number of rotatable bonds is 40. The second kappa shape index (κ2) is 83.8. The van der Waals surface area contributed by atoms with Gasteiger partial charge in [0.2, 0.25) is 23.6 Å². The number of pyridine rings is 4. The van der Waals surface area contributed by atoms with E-state index in [1.807, 2.05) is 55.4 Å². The van der Waals surface area contributed by atoms with E-state index in [0.29, 0.717) is 25.7 Å². The number of aryl methyl sites for hydroxylation is 12. The van der Waals surface area contributed by atoms with E-state index in [4.69, 9.17) is 49.8 Å². The molecule has 8 aliphatic rings. The van der Waals surface area contributed by atoms with Crippen LogP contribution in [0.1, 0.15) is 433 Å². The molecule has 752 valence electrons. The van der Waals surface area contributed by atoms with Crippen LogP contribution in [0.2, 0.25) is 0 Å². The number of nitrogens with zero attached hydrogens (tertiary/aromatic N) is 4. The number of carboxylic acid groups (broad SMARTS) is 4. The van der Waals surface area contributed by atoms with Crippen molar-refractivity contribution in [2.45, 2.75) is 467 Å². The Hall–Kier alpha value is -7.80. The van der Waals surface area contributed by atoms with Crippen LogP contribution in [0.3, 0.4) is 0 Å². The molecular weight excluding hydrogens is 1660 g/mol. The van der Waals surface area contributed by atoms with Crippen LogP contribution in [0.5, 0.6) is 0 Å². The summed E-state index contributed by atoms with van der Waals surface area (Å²) in [4.78, 5) is 107. The van der Waals surface area contributed by atoms with Gasteiger partial charge in [0.15, 0.2) is 0 Å². The number of ether oxygens (including phenoxy) is 2. The molecule has 4 unspecified atom stereocenters. The Kier molecular flexibility index (Phi) is 77.6. The Labute approximate surface area is 799 Å². The average Bonchev–Trinajstić information content (AvgIpc) is 0.859. The van der Waals surface area contributed by atoms with Gasteiger partial charge in [0.1, 0.15) is 24.2 Å². The number of nitrogens with one attached hydrogen (secondary N) is 6. The minimum absolute atomic E-state index is 0.287. The summed E-state index contributed by atoms with van der Waals surface area (Å²) in [6.45, 7) is 30.0. The van der Waals surface area contributed by atoms with Crippen molar-refractivity contribution < 1.29 is 68.3 Å². The molecule has 7 heterocycles. The molecule has 3 saturated heterocycles. The Balaban J connectivity index is 0.000000788. The summed E-state index contributed by atoms with van der Waals surface area (Å²) >= 11 is 0. The second-order valence-electron chi connectivity index (χ2n) is 35.0. The Morgan fingerprint density at radius 2 is 0.447 bits per heavy atom. The first-order valence-electron chi connectivity index (χ1n) is 52.7. The highest BCUT2D eigenvalue weighted by molar-refractivity contribution is 5.83. The second-order valence-corrected chi connectivity index (χ2v) is 35.0. The van der Waals surface area contributed by atoms with Crippen molar-refractivity contribution in [3.8, 4) is 0 Å². The lowest BCUT2D eigenvalue weighted by atomic mass is 9.95. The van der Waals surface area contributed by atoms with Gasteiger partial charge in [-0.05, 0) is 265 Å². The van der Waals surface area contributed by atoms with Crippen LogP contribution in [0.25, 0.3) is 0 Å². The van der Waals surface area contributed by atoms with Crippen molar-refractivity contribution in [2.24, 2.45) is 0 Å². The van der Waals surface area contributed by atoms with Crippen LogP contribution >= 0.6 is 0 Å². The van der Waals surface area contributed by atoms with Gasteiger partial charge in [-0.1, -0.05) is 221 Å². The summed E-state index contributed by atoms with van der Waals surface area (Å²) in [5.74, 6) is -4.95. The summed E-state index contributed by atoms with van der Waals surface area (Å²) in [6, 6.07) is 14.7. The fourth-order valence-corrected chi connectivity index (χ4v) is 16.9. The van der Waals surface area contributed by atoms with Gasteiger partial charge in [-0.25, -0.2) is 19.2 Å². The molecule has 4 aromatic heterocycles. The number of aliphatic carboxylic acids is 4. The zero-order valence-electron chi connectivity index (χ0n) is 84.8. The molecule has 4 atom stereocenters. The standard InChI is InChI=1S/4C20H30N2O3.C6H12.2C5H10O.C4H10N2.4C2H6/c4*1-15(23)21-19(20(24)25)12-6-4-2-3-5-10-17-14-13-16-9-7-8-11-18(16)22-17;3*1-2-4-6-5-3-1;1-2-6-4-3-5-1;4*1-2/h4*13-14,19H,2-12H2,1H3,(H,21,23)(H,24,25);1-6H2;2*1-5H2;5-6H,1-4H2;4*1-2H3. The van der Waals surface area contributed by atoms with E-state index in [0.717, 1.165) is 232 Å². The molecule has 0 aromatic carbocycles. The summed E-state index contributed by atoms with van der Waals surface area (Å²) in [7, 11) is 0. The van der Waals surface area contributed by atoms with E-state index in [2.05, 4.69) is 80.4 Å². The first-order valence-corrected chi connectivity index (χ1v) is 52.7. The molecule has 132 heavy (non-hydrogen) atoms. The van der Waals surface area contributed by atoms with Crippen LogP contribution in [0.4, 0.5) is 0 Å². The topological polar surface area (TPSA) is 360 Å². The van der Waals surface area contributed by atoms with Gasteiger partial charge in [0.05, 0.1) is 0 Å². The molecular formula is C108H186N10O14. The number of piperazine rings is 1. The van der Waals surface area contributed by atoms with E-state index in [9.17, 15) is 38.4 Å². The molecule has 3 aliphatic heterocycles. The first-order chi connectivity index (χ1) is 64.2. The van der Waals surface area contributed by atoms with Crippen LogP contribution in [-0.4, -0.2) is 165 Å². The van der Waals surface area contributed by atoms with Crippen molar-refractivity contribution in [1.82, 2.24) is 51.8 Å². The lowest BCUT2D eigenvalue weighted by Crippen LogP contribution is -2.39. The van der Waals surface area contributed by atoms with E-state index < -0.39 is 48.0 Å². The summed E-state index contributed by atoms with van der Waals surface area (Å²) < 4.78 is 10.1. The summed E-state index contributed by atoms with van der Waals surface area (Å²) in [6.07, 6.45) is 63.1. The lowest BCUT2D eigenvalue weighted by molar-refractivity contribution is -0.142. The first kappa shape index (κ1) is 122. The molecule has 4 aromatic rings. The normalized spacial score (nSPS) is 15.6. The summed E-state index contributed by atoms with van der Waals surface area (Å²) in [5.41, 5.74) is 15.8. The van der Waals surface area contributed by atoms with Gasteiger partial charge >= 0.3 is 23.9 Å². The monoisotopic (exact) mass is 1850 g/mol.